The molecule has 0 aliphatic rings. The predicted octanol–water partition coefficient (Wildman–Crippen LogP) is 4.38. The Balaban J connectivity index is 1.48. The summed E-state index contributed by atoms with van der Waals surface area (Å²) in [5.41, 5.74) is 1.91. The van der Waals surface area contributed by atoms with Gasteiger partial charge >= 0.3 is 6.03 Å². The summed E-state index contributed by atoms with van der Waals surface area (Å²) in [4.78, 5) is 28.8. The lowest BCUT2D eigenvalue weighted by atomic mass is 10.2. The number of urea groups is 1. The van der Waals surface area contributed by atoms with Crippen LogP contribution in [0.15, 0.2) is 47.8 Å². The standard InChI is InChI=1S/C22H24N4O5S/c1-29-16-7-4-14(5-8-16)23-21(28)26-22-24-15(13-32-22)6-11-20(27)25-18-10-9-17(30-2)12-19(18)31-3/h4-5,7-10,12-13H,6,11H2,1-3H3,(H,25,27)(H2,23,24,26,28). The van der Waals surface area contributed by atoms with E-state index in [1.165, 1.54) is 18.4 Å². The Morgan fingerprint density at radius 1 is 0.906 bits per heavy atom. The van der Waals surface area contributed by atoms with Crippen LogP contribution in [0.4, 0.5) is 21.3 Å². The molecule has 0 aliphatic carbocycles. The van der Waals surface area contributed by atoms with Gasteiger partial charge in [-0.3, -0.25) is 10.1 Å². The van der Waals surface area contributed by atoms with Crippen LogP contribution in [0.2, 0.25) is 0 Å². The molecule has 0 aliphatic heterocycles. The highest BCUT2D eigenvalue weighted by atomic mass is 32.1. The van der Waals surface area contributed by atoms with Crippen LogP contribution in [-0.2, 0) is 11.2 Å². The first-order chi connectivity index (χ1) is 15.5. The van der Waals surface area contributed by atoms with Crippen molar-refractivity contribution in [3.05, 3.63) is 53.5 Å². The molecule has 3 amide bonds. The fourth-order valence-corrected chi connectivity index (χ4v) is 3.51. The Hall–Kier alpha value is -3.79. The van der Waals surface area contributed by atoms with Gasteiger partial charge in [0, 0.05) is 23.6 Å². The van der Waals surface area contributed by atoms with Gasteiger partial charge in [0.25, 0.3) is 0 Å². The van der Waals surface area contributed by atoms with Crippen LogP contribution in [0.25, 0.3) is 0 Å². The largest absolute Gasteiger partial charge is 0.497 e. The number of hydrogen-bond acceptors (Lipinski definition) is 7. The number of amides is 3. The Labute approximate surface area is 189 Å². The Morgan fingerprint density at radius 3 is 2.31 bits per heavy atom. The lowest BCUT2D eigenvalue weighted by Gasteiger charge is -2.11. The Kier molecular flexibility index (Phi) is 7.87. The van der Waals surface area contributed by atoms with Crippen molar-refractivity contribution in [2.75, 3.05) is 37.3 Å². The van der Waals surface area contributed by atoms with Crippen molar-refractivity contribution in [3.63, 3.8) is 0 Å². The van der Waals surface area contributed by atoms with Crippen molar-refractivity contribution in [1.29, 1.82) is 0 Å². The zero-order chi connectivity index (χ0) is 22.9. The molecule has 1 heterocycles. The second-order valence-electron chi connectivity index (χ2n) is 6.57. The Bertz CT molecular complexity index is 1070. The third-order valence-corrected chi connectivity index (χ3v) is 5.22. The van der Waals surface area contributed by atoms with Crippen molar-refractivity contribution in [3.8, 4) is 17.2 Å². The van der Waals surface area contributed by atoms with Gasteiger partial charge in [-0.05, 0) is 42.8 Å². The number of nitrogens with one attached hydrogen (secondary N) is 3. The number of carbonyl (C=O) groups excluding carboxylic acids is 2. The smallest absolute Gasteiger partial charge is 0.325 e. The van der Waals surface area contributed by atoms with Gasteiger partial charge in [-0.25, -0.2) is 9.78 Å². The van der Waals surface area contributed by atoms with Crippen LogP contribution in [0.1, 0.15) is 12.1 Å². The summed E-state index contributed by atoms with van der Waals surface area (Å²) >= 11 is 1.29. The molecule has 0 bridgehead atoms. The monoisotopic (exact) mass is 456 g/mol. The number of methoxy groups -OCH3 is 3. The molecule has 168 valence electrons. The van der Waals surface area contributed by atoms with E-state index in [-0.39, 0.29) is 12.3 Å². The minimum Gasteiger partial charge on any atom is -0.497 e. The number of rotatable bonds is 9. The molecular formula is C22H24N4O5S. The molecule has 2 aromatic carbocycles. The molecule has 0 saturated carbocycles. The molecule has 0 radical (unpaired) electrons. The summed E-state index contributed by atoms with van der Waals surface area (Å²) in [6, 6.07) is 11.7. The molecule has 0 unspecified atom stereocenters. The fourth-order valence-electron chi connectivity index (χ4n) is 2.77. The molecule has 0 saturated heterocycles. The molecule has 0 atom stereocenters. The topological polar surface area (TPSA) is 111 Å². The second kappa shape index (κ2) is 11.0. The molecule has 32 heavy (non-hydrogen) atoms. The molecule has 10 heteroatoms. The summed E-state index contributed by atoms with van der Waals surface area (Å²) < 4.78 is 15.5. The summed E-state index contributed by atoms with van der Waals surface area (Å²) in [5.74, 6) is 1.68. The predicted molar refractivity (Wildman–Crippen MR) is 124 cm³/mol. The third kappa shape index (κ3) is 6.35. The van der Waals surface area contributed by atoms with Gasteiger partial charge in [0.1, 0.15) is 17.2 Å². The number of thiazole rings is 1. The van der Waals surface area contributed by atoms with Gasteiger partial charge in [-0.1, -0.05) is 0 Å². The van der Waals surface area contributed by atoms with Crippen LogP contribution in [0.5, 0.6) is 17.2 Å². The number of nitrogens with zero attached hydrogens (tertiary/aromatic N) is 1. The van der Waals surface area contributed by atoms with Crippen LogP contribution in [-0.4, -0.2) is 38.3 Å². The van der Waals surface area contributed by atoms with Crippen molar-refractivity contribution in [2.24, 2.45) is 0 Å². The average molecular weight is 457 g/mol. The Morgan fingerprint density at radius 2 is 1.62 bits per heavy atom. The van der Waals surface area contributed by atoms with E-state index in [1.54, 1.807) is 56.7 Å². The van der Waals surface area contributed by atoms with Crippen molar-refractivity contribution >= 4 is 39.8 Å². The minimum atomic E-state index is -0.402. The van der Waals surface area contributed by atoms with Gasteiger partial charge < -0.3 is 24.8 Å². The van der Waals surface area contributed by atoms with E-state index in [9.17, 15) is 9.59 Å². The summed E-state index contributed by atoms with van der Waals surface area (Å²) in [6.07, 6.45) is 0.666. The van der Waals surface area contributed by atoms with Crippen molar-refractivity contribution in [1.82, 2.24) is 4.98 Å². The third-order valence-electron chi connectivity index (χ3n) is 4.41. The van der Waals surface area contributed by atoms with Gasteiger partial charge in [-0.15, -0.1) is 11.3 Å². The molecule has 9 nitrogen and oxygen atoms in total. The first kappa shape index (κ1) is 22.9. The zero-order valence-corrected chi connectivity index (χ0v) is 18.7. The quantitative estimate of drug-likeness (QED) is 0.441. The van der Waals surface area contributed by atoms with Gasteiger partial charge in [0.2, 0.25) is 5.91 Å². The first-order valence-electron chi connectivity index (χ1n) is 9.69. The number of aromatic nitrogens is 1. The highest BCUT2D eigenvalue weighted by Crippen LogP contribution is 2.29. The molecule has 3 rings (SSSR count). The molecular weight excluding hydrogens is 432 g/mol. The van der Waals surface area contributed by atoms with E-state index < -0.39 is 6.03 Å². The van der Waals surface area contributed by atoms with Crippen molar-refractivity contribution < 1.29 is 23.8 Å². The van der Waals surface area contributed by atoms with Gasteiger partial charge in [0.15, 0.2) is 5.13 Å². The highest BCUT2D eigenvalue weighted by molar-refractivity contribution is 7.13. The van der Waals surface area contributed by atoms with E-state index in [2.05, 4.69) is 20.9 Å². The number of carbonyl (C=O) groups is 2. The zero-order valence-electron chi connectivity index (χ0n) is 17.9. The van der Waals surface area contributed by atoms with Crippen molar-refractivity contribution in [2.45, 2.75) is 12.8 Å². The molecule has 3 aromatic rings. The highest BCUT2D eigenvalue weighted by Gasteiger charge is 2.11. The summed E-state index contributed by atoms with van der Waals surface area (Å²) in [6.45, 7) is 0. The number of benzene rings is 2. The van der Waals surface area contributed by atoms with E-state index in [0.717, 1.165) is 0 Å². The number of aryl methyl sites for hydroxylation is 1. The molecule has 3 N–H and O–H groups in total. The van der Waals surface area contributed by atoms with E-state index in [1.807, 2.05) is 5.38 Å². The number of hydrogen-bond donors (Lipinski definition) is 3. The maximum Gasteiger partial charge on any atom is 0.325 e. The fraction of sp³-hybridized carbons (Fsp3) is 0.227. The van der Waals surface area contributed by atoms with Crippen LogP contribution in [0.3, 0.4) is 0 Å². The second-order valence-corrected chi connectivity index (χ2v) is 7.42. The molecule has 0 fully saturated rings. The van der Waals surface area contributed by atoms with E-state index in [0.29, 0.717) is 45.9 Å². The molecule has 1 aromatic heterocycles. The lowest BCUT2D eigenvalue weighted by Crippen LogP contribution is -2.19. The van der Waals surface area contributed by atoms with Crippen LogP contribution < -0.4 is 30.2 Å². The summed E-state index contributed by atoms with van der Waals surface area (Å²) in [7, 11) is 4.67. The van der Waals surface area contributed by atoms with E-state index >= 15 is 0 Å². The molecule has 0 spiro atoms. The van der Waals surface area contributed by atoms with E-state index in [4.69, 9.17) is 14.2 Å². The summed E-state index contributed by atoms with van der Waals surface area (Å²) in [5, 5.41) is 10.5. The normalized spacial score (nSPS) is 10.2. The van der Waals surface area contributed by atoms with Crippen LogP contribution in [0, 0.1) is 0 Å². The lowest BCUT2D eigenvalue weighted by molar-refractivity contribution is -0.116. The maximum absolute atomic E-state index is 12.3. The minimum absolute atomic E-state index is 0.173. The SMILES string of the molecule is COc1ccc(NC(=O)Nc2nc(CCC(=O)Nc3ccc(OC)cc3OC)cs2)cc1. The van der Waals surface area contributed by atoms with Crippen LogP contribution >= 0.6 is 11.3 Å². The van der Waals surface area contributed by atoms with Gasteiger partial charge in [-0.2, -0.15) is 0 Å². The maximum atomic E-state index is 12.3. The average Bonchev–Trinajstić information content (AvgIpc) is 3.25. The van der Waals surface area contributed by atoms with Gasteiger partial charge in [0.05, 0.1) is 32.7 Å². The first-order valence-corrected chi connectivity index (χ1v) is 10.6. The number of anilines is 3. The number of ether oxygens (including phenoxy) is 3.